The number of hydrogen-bond acceptors (Lipinski definition) is 7. The molecule has 0 radical (unpaired) electrons. The number of carbonyl (C=O) groups excluding carboxylic acids is 2. The lowest BCUT2D eigenvalue weighted by atomic mass is 9.95. The minimum absolute atomic E-state index is 0.0384. The molecule has 9 nitrogen and oxygen atoms in total. The van der Waals surface area contributed by atoms with Crippen LogP contribution in [0.15, 0.2) is 66.8 Å². The van der Waals surface area contributed by atoms with Gasteiger partial charge in [-0.15, -0.1) is 0 Å². The Morgan fingerprint density at radius 2 is 1.69 bits per heavy atom. The average molecular weight is 534 g/mol. The lowest BCUT2D eigenvalue weighted by Gasteiger charge is -2.26. The van der Waals surface area contributed by atoms with Gasteiger partial charge in [-0.25, -0.2) is 4.98 Å². The number of aliphatic hydroxyl groups is 1. The Labute approximate surface area is 228 Å². The molecule has 1 fully saturated rings. The summed E-state index contributed by atoms with van der Waals surface area (Å²) < 4.78 is 19.1. The Balaban J connectivity index is 1.74. The van der Waals surface area contributed by atoms with Crippen molar-refractivity contribution in [3.63, 3.8) is 0 Å². The van der Waals surface area contributed by atoms with E-state index in [1.807, 2.05) is 37.6 Å². The Morgan fingerprint density at radius 3 is 2.36 bits per heavy atom. The van der Waals surface area contributed by atoms with Gasteiger partial charge in [0, 0.05) is 31.0 Å². The topological polar surface area (TPSA) is 103 Å². The first-order chi connectivity index (χ1) is 19.0. The molecule has 1 N–H and O–H groups in total. The molecule has 2 heterocycles. The molecule has 1 aliphatic heterocycles. The molecule has 2 aromatic carbocycles. The zero-order valence-corrected chi connectivity index (χ0v) is 22.6. The number of ketones is 1. The van der Waals surface area contributed by atoms with Crippen molar-refractivity contribution in [2.45, 2.75) is 46.2 Å². The molecule has 206 valence electrons. The van der Waals surface area contributed by atoms with Crippen LogP contribution in [-0.4, -0.2) is 57.6 Å². The van der Waals surface area contributed by atoms with Crippen LogP contribution in [0.5, 0.6) is 17.2 Å². The first-order valence-electron chi connectivity index (χ1n) is 13.3. The second-order valence-electron chi connectivity index (χ2n) is 9.09. The number of likely N-dealkylation sites (tertiary alicyclic amines) is 1. The van der Waals surface area contributed by atoms with E-state index in [0.717, 1.165) is 6.42 Å². The molecule has 1 unspecified atom stereocenters. The Morgan fingerprint density at radius 1 is 0.949 bits per heavy atom. The first kappa shape index (κ1) is 27.8. The minimum Gasteiger partial charge on any atom is -0.507 e. The third kappa shape index (κ3) is 6.25. The van der Waals surface area contributed by atoms with Crippen LogP contribution in [0, 0.1) is 0 Å². The predicted molar refractivity (Wildman–Crippen MR) is 147 cm³/mol. The first-order valence-corrected chi connectivity index (χ1v) is 13.3. The maximum Gasteiger partial charge on any atom is 0.295 e. The van der Waals surface area contributed by atoms with E-state index in [9.17, 15) is 14.7 Å². The van der Waals surface area contributed by atoms with Crippen molar-refractivity contribution in [2.75, 3.05) is 26.4 Å². The summed E-state index contributed by atoms with van der Waals surface area (Å²) in [5.74, 6) is 0.142. The van der Waals surface area contributed by atoms with Gasteiger partial charge in [-0.05, 0) is 68.7 Å². The summed E-state index contributed by atoms with van der Waals surface area (Å²) in [6.45, 7) is 8.18. The summed E-state index contributed by atoms with van der Waals surface area (Å²) in [4.78, 5) is 32.3. The van der Waals surface area contributed by atoms with Gasteiger partial charge in [-0.1, -0.05) is 13.0 Å². The zero-order valence-electron chi connectivity index (χ0n) is 22.6. The van der Waals surface area contributed by atoms with Gasteiger partial charge < -0.3 is 28.8 Å². The number of hydrogen-bond donors (Lipinski definition) is 1. The van der Waals surface area contributed by atoms with Crippen molar-refractivity contribution in [1.29, 1.82) is 0 Å². The van der Waals surface area contributed by atoms with Gasteiger partial charge in [0.1, 0.15) is 11.5 Å². The maximum atomic E-state index is 13.4. The lowest BCUT2D eigenvalue weighted by Crippen LogP contribution is -2.31. The van der Waals surface area contributed by atoms with Gasteiger partial charge in [0.15, 0.2) is 11.5 Å². The summed E-state index contributed by atoms with van der Waals surface area (Å²) in [5.41, 5.74) is 1.11. The molecule has 4 rings (SSSR count). The molecule has 1 aliphatic rings. The van der Waals surface area contributed by atoms with Crippen molar-refractivity contribution in [3.8, 4) is 17.2 Å². The van der Waals surface area contributed by atoms with Crippen LogP contribution < -0.4 is 14.2 Å². The molecule has 1 aromatic heterocycles. The van der Waals surface area contributed by atoms with Crippen molar-refractivity contribution >= 4 is 17.4 Å². The summed E-state index contributed by atoms with van der Waals surface area (Å²) in [7, 11) is 0. The number of nitrogens with zero attached hydrogens (tertiary/aromatic N) is 3. The number of Topliss-reactive ketones (excluding diaryl/α,β-unsaturated/α-hetero) is 1. The Kier molecular flexibility index (Phi) is 9.25. The van der Waals surface area contributed by atoms with E-state index in [0.29, 0.717) is 67.7 Å². The molecule has 1 saturated heterocycles. The lowest BCUT2D eigenvalue weighted by molar-refractivity contribution is -0.139. The van der Waals surface area contributed by atoms with Gasteiger partial charge in [0.2, 0.25) is 0 Å². The molecule has 3 aromatic rings. The van der Waals surface area contributed by atoms with Crippen molar-refractivity contribution in [1.82, 2.24) is 14.5 Å². The third-order valence-electron chi connectivity index (χ3n) is 6.40. The number of aromatic nitrogens is 2. The minimum atomic E-state index is -0.793. The number of aliphatic hydroxyl groups excluding tert-OH is 1. The third-order valence-corrected chi connectivity index (χ3v) is 6.40. The molecule has 0 bridgehead atoms. The van der Waals surface area contributed by atoms with Crippen LogP contribution in [0.3, 0.4) is 0 Å². The van der Waals surface area contributed by atoms with Crippen LogP contribution in [-0.2, 0) is 16.1 Å². The fraction of sp³-hybridized carbons (Fsp3) is 0.367. The van der Waals surface area contributed by atoms with E-state index in [2.05, 4.69) is 4.98 Å². The van der Waals surface area contributed by atoms with Crippen molar-refractivity contribution < 1.29 is 28.9 Å². The summed E-state index contributed by atoms with van der Waals surface area (Å²) in [6.07, 6.45) is 6.72. The fourth-order valence-electron chi connectivity index (χ4n) is 4.62. The van der Waals surface area contributed by atoms with Gasteiger partial charge in [-0.2, -0.15) is 0 Å². The Bertz CT molecular complexity index is 1300. The number of ether oxygens (including phenoxy) is 3. The standard InChI is InChI=1S/C30H35N3O6/c1-4-18-39-23-11-8-21(9-12-23)28(34)26-27(22-10-13-24(37-5-2)25(19-22)38-6-3)33(30(36)29(26)35)16-7-15-32-17-14-31-20-32/h8-14,17,19-20,27,34H,4-7,15-16,18H2,1-3H3/b28-26+. The number of benzene rings is 2. The van der Waals surface area contributed by atoms with E-state index < -0.39 is 17.7 Å². The monoisotopic (exact) mass is 533 g/mol. The van der Waals surface area contributed by atoms with Crippen LogP contribution in [0.2, 0.25) is 0 Å². The van der Waals surface area contributed by atoms with E-state index in [1.165, 1.54) is 4.90 Å². The predicted octanol–water partition coefficient (Wildman–Crippen LogP) is 4.98. The summed E-state index contributed by atoms with van der Waals surface area (Å²) in [6, 6.07) is 11.4. The van der Waals surface area contributed by atoms with Crippen molar-refractivity contribution in [2.24, 2.45) is 0 Å². The van der Waals surface area contributed by atoms with Crippen LogP contribution in [0.1, 0.15) is 50.8 Å². The summed E-state index contributed by atoms with van der Waals surface area (Å²) in [5, 5.41) is 11.4. The highest BCUT2D eigenvalue weighted by atomic mass is 16.5. The molecular weight excluding hydrogens is 498 g/mol. The van der Waals surface area contributed by atoms with Gasteiger partial charge in [-0.3, -0.25) is 9.59 Å². The molecule has 0 saturated carbocycles. The number of amides is 1. The smallest absolute Gasteiger partial charge is 0.295 e. The van der Waals surface area contributed by atoms with E-state index in [-0.39, 0.29) is 11.3 Å². The number of rotatable bonds is 13. The second-order valence-corrected chi connectivity index (χ2v) is 9.09. The highest BCUT2D eigenvalue weighted by Crippen LogP contribution is 2.42. The largest absolute Gasteiger partial charge is 0.507 e. The number of aryl methyl sites for hydroxylation is 1. The molecule has 1 amide bonds. The number of imidazole rings is 1. The normalized spacial score (nSPS) is 16.5. The second kappa shape index (κ2) is 13.0. The van der Waals surface area contributed by atoms with Crippen LogP contribution in [0.25, 0.3) is 5.76 Å². The molecule has 0 spiro atoms. The molecular formula is C30H35N3O6. The van der Waals surface area contributed by atoms with E-state index >= 15 is 0 Å². The van der Waals surface area contributed by atoms with Crippen molar-refractivity contribution in [3.05, 3.63) is 77.9 Å². The van der Waals surface area contributed by atoms with Crippen LogP contribution >= 0.6 is 0 Å². The van der Waals surface area contributed by atoms with E-state index in [1.54, 1.807) is 48.9 Å². The van der Waals surface area contributed by atoms with Gasteiger partial charge in [0.05, 0.1) is 37.8 Å². The summed E-state index contributed by atoms with van der Waals surface area (Å²) >= 11 is 0. The molecule has 0 aliphatic carbocycles. The van der Waals surface area contributed by atoms with Gasteiger partial charge in [0.25, 0.3) is 11.7 Å². The fourth-order valence-corrected chi connectivity index (χ4v) is 4.62. The highest BCUT2D eigenvalue weighted by molar-refractivity contribution is 6.46. The van der Waals surface area contributed by atoms with Crippen LogP contribution in [0.4, 0.5) is 0 Å². The molecule has 1 atom stereocenters. The molecule has 39 heavy (non-hydrogen) atoms. The maximum absolute atomic E-state index is 13.4. The zero-order chi connectivity index (χ0) is 27.8. The molecule has 9 heteroatoms. The van der Waals surface area contributed by atoms with Gasteiger partial charge >= 0.3 is 0 Å². The number of carbonyl (C=O) groups is 2. The quantitative estimate of drug-likeness (QED) is 0.188. The Hall–Kier alpha value is -4.27. The van der Waals surface area contributed by atoms with E-state index in [4.69, 9.17) is 14.2 Å². The SMILES string of the molecule is CCCOc1ccc(/C(O)=C2\C(=O)C(=O)N(CCCn3ccnc3)C2c2ccc(OCC)c(OCC)c2)cc1. The average Bonchev–Trinajstić information content (AvgIpc) is 3.55. The highest BCUT2D eigenvalue weighted by Gasteiger charge is 2.46.